The van der Waals surface area contributed by atoms with Crippen molar-refractivity contribution < 1.29 is 32.2 Å². The lowest BCUT2D eigenvalue weighted by molar-refractivity contribution is -0.123. The highest BCUT2D eigenvalue weighted by Crippen LogP contribution is 2.29. The largest absolute Gasteiger partial charge is 0.490 e. The van der Waals surface area contributed by atoms with Crippen LogP contribution in [-0.2, 0) is 19.6 Å². The fourth-order valence-corrected chi connectivity index (χ4v) is 3.73. The van der Waals surface area contributed by atoms with Crippen LogP contribution in [0.3, 0.4) is 0 Å². The van der Waals surface area contributed by atoms with Crippen LogP contribution < -0.4 is 14.8 Å². The van der Waals surface area contributed by atoms with Crippen LogP contribution in [0.4, 0.5) is 5.69 Å². The number of sulfonamides is 1. The van der Waals surface area contributed by atoms with Gasteiger partial charge in [0, 0.05) is 19.8 Å². The lowest BCUT2D eigenvalue weighted by Gasteiger charge is -2.17. The molecule has 0 saturated heterocycles. The molecular formula is C23H30N2O7S. The molecule has 0 fully saturated rings. The van der Waals surface area contributed by atoms with Crippen molar-refractivity contribution in [2.24, 2.45) is 0 Å². The van der Waals surface area contributed by atoms with Gasteiger partial charge in [-0.05, 0) is 63.6 Å². The van der Waals surface area contributed by atoms with E-state index in [9.17, 15) is 18.0 Å². The highest BCUT2D eigenvalue weighted by atomic mass is 32.2. The Morgan fingerprint density at radius 2 is 1.64 bits per heavy atom. The van der Waals surface area contributed by atoms with Gasteiger partial charge in [0.1, 0.15) is 0 Å². The van der Waals surface area contributed by atoms with Crippen LogP contribution in [0.2, 0.25) is 0 Å². The molecule has 0 saturated carbocycles. The quantitative estimate of drug-likeness (QED) is 0.522. The van der Waals surface area contributed by atoms with Gasteiger partial charge in [0.25, 0.3) is 5.91 Å². The summed E-state index contributed by atoms with van der Waals surface area (Å²) in [7, 11) is -0.822. The fraction of sp³-hybridized carbons (Fsp3) is 0.391. The molecule has 33 heavy (non-hydrogen) atoms. The molecule has 0 aliphatic heterocycles. The zero-order valence-corrected chi connectivity index (χ0v) is 20.5. The predicted molar refractivity (Wildman–Crippen MR) is 124 cm³/mol. The van der Waals surface area contributed by atoms with Gasteiger partial charge in [-0.2, -0.15) is 0 Å². The first kappa shape index (κ1) is 26.1. The highest BCUT2D eigenvalue weighted by molar-refractivity contribution is 7.89. The van der Waals surface area contributed by atoms with Crippen molar-refractivity contribution in [1.82, 2.24) is 4.31 Å². The highest BCUT2D eigenvalue weighted by Gasteiger charge is 2.23. The molecule has 1 N–H and O–H groups in total. The van der Waals surface area contributed by atoms with E-state index in [1.54, 1.807) is 19.1 Å². The number of benzene rings is 2. The van der Waals surface area contributed by atoms with Crippen LogP contribution in [-0.4, -0.2) is 58.0 Å². The number of aryl methyl sites for hydroxylation is 1. The second-order valence-electron chi connectivity index (χ2n) is 7.33. The predicted octanol–water partition coefficient (Wildman–Crippen LogP) is 3.23. The number of esters is 1. The van der Waals surface area contributed by atoms with Crippen LogP contribution in [0, 0.1) is 6.92 Å². The lowest BCUT2D eigenvalue weighted by Crippen LogP contribution is -2.30. The summed E-state index contributed by atoms with van der Waals surface area (Å²) < 4.78 is 42.2. The third-order valence-electron chi connectivity index (χ3n) is 4.68. The Morgan fingerprint density at radius 3 is 2.24 bits per heavy atom. The van der Waals surface area contributed by atoms with Gasteiger partial charge in [-0.3, -0.25) is 4.79 Å². The molecule has 0 bridgehead atoms. The Bertz CT molecular complexity index is 1110. The van der Waals surface area contributed by atoms with Gasteiger partial charge >= 0.3 is 5.97 Å². The van der Waals surface area contributed by atoms with Gasteiger partial charge in [-0.1, -0.05) is 6.07 Å². The molecule has 10 heteroatoms. The summed E-state index contributed by atoms with van der Waals surface area (Å²) >= 11 is 0. The van der Waals surface area contributed by atoms with Crippen LogP contribution in [0.15, 0.2) is 41.3 Å². The van der Waals surface area contributed by atoms with E-state index < -0.39 is 28.0 Å². The van der Waals surface area contributed by atoms with Crippen LogP contribution in [0.1, 0.15) is 36.7 Å². The van der Waals surface area contributed by atoms with Crippen molar-refractivity contribution in [3.8, 4) is 11.5 Å². The summed E-state index contributed by atoms with van der Waals surface area (Å²) in [6.07, 6.45) is -1.13. The van der Waals surface area contributed by atoms with Crippen molar-refractivity contribution in [2.45, 2.75) is 38.7 Å². The topological polar surface area (TPSA) is 111 Å². The summed E-state index contributed by atoms with van der Waals surface area (Å²) in [6, 6.07) is 9.07. The van der Waals surface area contributed by atoms with Gasteiger partial charge in [-0.15, -0.1) is 0 Å². The fourth-order valence-electron chi connectivity index (χ4n) is 2.80. The molecule has 0 heterocycles. The molecule has 180 valence electrons. The van der Waals surface area contributed by atoms with Crippen molar-refractivity contribution >= 4 is 27.6 Å². The number of carbonyl (C=O) groups excluding carboxylic acids is 2. The van der Waals surface area contributed by atoms with E-state index >= 15 is 0 Å². The van der Waals surface area contributed by atoms with Gasteiger partial charge in [0.05, 0.1) is 23.7 Å². The third kappa shape index (κ3) is 6.45. The smallest absolute Gasteiger partial charge is 0.339 e. The van der Waals surface area contributed by atoms with Crippen LogP contribution in [0.25, 0.3) is 0 Å². The number of ether oxygens (including phenoxy) is 3. The maximum Gasteiger partial charge on any atom is 0.339 e. The van der Waals surface area contributed by atoms with Crippen molar-refractivity contribution in [3.05, 3.63) is 47.5 Å². The van der Waals surface area contributed by atoms with Crippen molar-refractivity contribution in [1.29, 1.82) is 0 Å². The summed E-state index contributed by atoms with van der Waals surface area (Å²) in [4.78, 5) is 25.3. The van der Waals surface area contributed by atoms with Crippen LogP contribution >= 0.6 is 0 Å². The van der Waals surface area contributed by atoms with Gasteiger partial charge in [0.15, 0.2) is 17.6 Å². The van der Waals surface area contributed by atoms with E-state index in [4.69, 9.17) is 14.2 Å². The number of amides is 1. The molecule has 0 spiro atoms. The Hall–Kier alpha value is -3.11. The second-order valence-corrected chi connectivity index (χ2v) is 9.48. The van der Waals surface area contributed by atoms with Crippen molar-refractivity contribution in [3.63, 3.8) is 0 Å². The monoisotopic (exact) mass is 478 g/mol. The molecule has 1 unspecified atom stereocenters. The Kier molecular flexibility index (Phi) is 8.84. The number of hydrogen-bond acceptors (Lipinski definition) is 7. The first-order valence-corrected chi connectivity index (χ1v) is 11.9. The van der Waals surface area contributed by atoms with E-state index in [1.165, 1.54) is 45.3 Å². The third-order valence-corrected chi connectivity index (χ3v) is 6.49. The summed E-state index contributed by atoms with van der Waals surface area (Å²) in [5.41, 5.74) is 1.18. The van der Waals surface area contributed by atoms with Gasteiger partial charge < -0.3 is 19.5 Å². The lowest BCUT2D eigenvalue weighted by atomic mass is 10.2. The zero-order valence-electron chi connectivity index (χ0n) is 19.7. The average molecular weight is 479 g/mol. The van der Waals surface area contributed by atoms with E-state index in [2.05, 4.69) is 5.32 Å². The number of nitrogens with zero attached hydrogens (tertiary/aromatic N) is 1. The van der Waals surface area contributed by atoms with E-state index in [0.29, 0.717) is 36.0 Å². The molecule has 1 amide bonds. The number of carbonyl (C=O) groups is 2. The number of rotatable bonds is 10. The maximum absolute atomic E-state index is 12.6. The summed E-state index contributed by atoms with van der Waals surface area (Å²) in [6.45, 7) is 7.64. The molecular weight excluding hydrogens is 448 g/mol. The molecule has 1 atom stereocenters. The molecule has 0 aliphatic rings. The summed E-state index contributed by atoms with van der Waals surface area (Å²) in [5.74, 6) is -0.394. The minimum absolute atomic E-state index is 0.0379. The minimum atomic E-state index is -3.67. The molecule has 0 aliphatic carbocycles. The van der Waals surface area contributed by atoms with E-state index in [-0.39, 0.29) is 10.5 Å². The van der Waals surface area contributed by atoms with E-state index in [0.717, 1.165) is 4.31 Å². The minimum Gasteiger partial charge on any atom is -0.490 e. The Balaban J connectivity index is 2.15. The maximum atomic E-state index is 12.6. The first-order valence-electron chi connectivity index (χ1n) is 10.5. The average Bonchev–Trinajstić information content (AvgIpc) is 2.76. The van der Waals surface area contributed by atoms with Gasteiger partial charge in [-0.25, -0.2) is 17.5 Å². The first-order chi connectivity index (χ1) is 15.5. The molecule has 0 aromatic heterocycles. The molecule has 0 radical (unpaired) electrons. The molecule has 9 nitrogen and oxygen atoms in total. The second kappa shape index (κ2) is 11.2. The van der Waals surface area contributed by atoms with Crippen molar-refractivity contribution in [2.75, 3.05) is 32.6 Å². The normalized spacial score (nSPS) is 12.2. The Labute approximate surface area is 194 Å². The van der Waals surface area contributed by atoms with Gasteiger partial charge in [0.2, 0.25) is 10.0 Å². The van der Waals surface area contributed by atoms with Crippen LogP contribution in [0.5, 0.6) is 11.5 Å². The Morgan fingerprint density at radius 1 is 1.00 bits per heavy atom. The summed E-state index contributed by atoms with van der Waals surface area (Å²) in [5, 5.41) is 2.63. The van der Waals surface area contributed by atoms with E-state index in [1.807, 2.05) is 13.8 Å². The number of hydrogen-bond donors (Lipinski definition) is 1. The molecule has 2 aromatic carbocycles. The SMILES string of the molecule is CCOc1ccc(C(=O)OC(C)C(=O)Nc2cc(S(=O)(=O)N(C)C)ccc2C)cc1OCC. The number of nitrogens with one attached hydrogen (secondary N) is 1. The standard InChI is InChI=1S/C23H30N2O7S/c1-7-30-20-12-10-17(13-21(20)31-8-2)23(27)32-16(4)22(26)24-19-14-18(11-9-15(19)3)33(28,29)25(5)6/h9-14,16H,7-8H2,1-6H3,(H,24,26). The molecule has 2 aromatic rings. The zero-order chi connectivity index (χ0) is 24.8. The number of anilines is 1. The molecule has 2 rings (SSSR count).